The maximum atomic E-state index is 14.7. The van der Waals surface area contributed by atoms with Crippen molar-refractivity contribution in [3.05, 3.63) is 71.7 Å². The van der Waals surface area contributed by atoms with Crippen molar-refractivity contribution >= 4 is 11.8 Å². The maximum absolute atomic E-state index is 14.7. The topological polar surface area (TPSA) is 88.9 Å². The molecule has 0 aliphatic carbocycles. The Labute approximate surface area is 193 Å². The number of rotatable bonds is 8. The molecule has 1 aliphatic heterocycles. The van der Waals surface area contributed by atoms with Crippen molar-refractivity contribution in [1.29, 1.82) is 0 Å². The second-order valence-corrected chi connectivity index (χ2v) is 8.24. The van der Waals surface area contributed by atoms with Gasteiger partial charge in [0.05, 0.1) is 25.5 Å². The fourth-order valence-corrected chi connectivity index (χ4v) is 3.89. The number of nitrogens with two attached hydrogens (primary N) is 1. The zero-order valence-electron chi connectivity index (χ0n) is 18.8. The highest BCUT2D eigenvalue weighted by Gasteiger charge is 2.14. The fourth-order valence-electron chi connectivity index (χ4n) is 3.89. The lowest BCUT2D eigenvalue weighted by molar-refractivity contribution is 0.0394. The Morgan fingerprint density at radius 2 is 1.97 bits per heavy atom. The van der Waals surface area contributed by atoms with Crippen molar-refractivity contribution in [2.24, 2.45) is 10.7 Å². The lowest BCUT2D eigenvalue weighted by Gasteiger charge is -2.25. The summed E-state index contributed by atoms with van der Waals surface area (Å²) in [5.41, 5.74) is 9.11. The van der Waals surface area contributed by atoms with Gasteiger partial charge in [0, 0.05) is 31.3 Å². The molecule has 1 unspecified atom stereocenters. The highest BCUT2D eigenvalue weighted by molar-refractivity contribution is 5.90. The summed E-state index contributed by atoms with van der Waals surface area (Å²) in [4.78, 5) is 6.64. The van der Waals surface area contributed by atoms with Gasteiger partial charge in [-0.15, -0.1) is 0 Å². The van der Waals surface area contributed by atoms with Gasteiger partial charge in [-0.2, -0.15) is 0 Å². The van der Waals surface area contributed by atoms with Gasteiger partial charge in [-0.25, -0.2) is 4.39 Å². The molecule has 1 aromatic heterocycles. The normalized spacial score (nSPS) is 16.0. The van der Waals surface area contributed by atoms with Gasteiger partial charge in [0.1, 0.15) is 5.82 Å². The number of guanidine groups is 1. The molecule has 7 nitrogen and oxygen atoms in total. The number of nitrogens with one attached hydrogen (secondary N) is 1. The molecule has 0 amide bonds. The van der Waals surface area contributed by atoms with Crippen molar-refractivity contribution in [2.45, 2.75) is 19.3 Å². The summed E-state index contributed by atoms with van der Waals surface area (Å²) in [7, 11) is 0. The van der Waals surface area contributed by atoms with Crippen LogP contribution in [0.1, 0.15) is 24.1 Å². The third kappa shape index (κ3) is 6.40. The Hall–Kier alpha value is -3.23. The number of aliphatic imine (C=N–C) groups is 1. The number of aromatic nitrogens is 1. The summed E-state index contributed by atoms with van der Waals surface area (Å²) in [6.07, 6.45) is 0.614. The molecule has 3 N–H and O–H groups in total. The molecule has 1 fully saturated rings. The van der Waals surface area contributed by atoms with Crippen LogP contribution >= 0.6 is 0 Å². The van der Waals surface area contributed by atoms with Gasteiger partial charge in [-0.1, -0.05) is 54.5 Å². The molecule has 0 spiro atoms. The van der Waals surface area contributed by atoms with Crippen molar-refractivity contribution in [1.82, 2.24) is 10.1 Å². The molecule has 174 valence electrons. The third-order valence-electron chi connectivity index (χ3n) is 5.77. The molecule has 1 atom stereocenters. The van der Waals surface area contributed by atoms with E-state index in [1.807, 2.05) is 49.4 Å². The lowest BCUT2D eigenvalue weighted by Crippen LogP contribution is -2.38. The average molecular weight is 452 g/mol. The van der Waals surface area contributed by atoms with E-state index in [-0.39, 0.29) is 17.7 Å². The molecule has 1 saturated heterocycles. The second-order valence-electron chi connectivity index (χ2n) is 8.24. The van der Waals surface area contributed by atoms with Crippen LogP contribution in [0.15, 0.2) is 64.1 Å². The number of ether oxygens (including phenoxy) is 1. The molecule has 0 bridgehead atoms. The number of benzene rings is 2. The zero-order chi connectivity index (χ0) is 23.0. The van der Waals surface area contributed by atoms with E-state index in [1.165, 1.54) is 0 Å². The number of hydrogen-bond acceptors (Lipinski definition) is 5. The molecular weight excluding hydrogens is 421 g/mol. The average Bonchev–Trinajstić information content (AvgIpc) is 3.26. The van der Waals surface area contributed by atoms with E-state index < -0.39 is 0 Å². The van der Waals surface area contributed by atoms with Crippen molar-refractivity contribution in [2.75, 3.05) is 44.7 Å². The summed E-state index contributed by atoms with van der Waals surface area (Å²) >= 11 is 0. The molecule has 8 heteroatoms. The fraction of sp³-hybridized carbons (Fsp3) is 0.360. The van der Waals surface area contributed by atoms with E-state index in [1.54, 1.807) is 12.1 Å². The van der Waals surface area contributed by atoms with E-state index in [9.17, 15) is 4.39 Å². The van der Waals surface area contributed by atoms with Crippen molar-refractivity contribution in [3.8, 4) is 11.1 Å². The number of hydrogen-bond donors (Lipinski definition) is 2. The quantitative estimate of drug-likeness (QED) is 0.399. The molecule has 2 heterocycles. The highest BCUT2D eigenvalue weighted by Crippen LogP contribution is 2.28. The molecule has 1 aliphatic rings. The summed E-state index contributed by atoms with van der Waals surface area (Å²) in [6.45, 7) is 6.85. The van der Waals surface area contributed by atoms with E-state index in [2.05, 4.69) is 20.4 Å². The van der Waals surface area contributed by atoms with Crippen LogP contribution in [-0.2, 0) is 11.2 Å². The summed E-state index contributed by atoms with van der Waals surface area (Å²) in [5, 5.41) is 7.06. The summed E-state index contributed by atoms with van der Waals surface area (Å²) in [6, 6.07) is 16.7. The molecule has 4 rings (SSSR count). The molecule has 0 saturated carbocycles. The maximum Gasteiger partial charge on any atom is 0.231 e. The third-order valence-corrected chi connectivity index (χ3v) is 5.77. The van der Waals surface area contributed by atoms with Crippen LogP contribution in [-0.4, -0.2) is 55.4 Å². The lowest BCUT2D eigenvalue weighted by atomic mass is 9.94. The molecule has 0 radical (unpaired) electrons. The van der Waals surface area contributed by atoms with Crippen LogP contribution < -0.4 is 11.1 Å². The van der Waals surface area contributed by atoms with Crippen LogP contribution in [0.25, 0.3) is 11.1 Å². The Balaban J connectivity index is 1.30. The zero-order valence-corrected chi connectivity index (χ0v) is 18.8. The first-order valence-corrected chi connectivity index (χ1v) is 11.3. The first-order valence-electron chi connectivity index (χ1n) is 11.3. The standard InChI is InChI=1S/C25H30FN5O2/c1-18(20-7-8-22(23(26)16-20)19-5-3-2-4-6-19)15-21-17-24(33-30-21)29-25(27)28-9-10-31-11-13-32-14-12-31/h2-8,16-18H,9-15H2,1H3,(H3,27,28,29). The van der Waals surface area contributed by atoms with Gasteiger partial charge in [-0.3, -0.25) is 15.2 Å². The Morgan fingerprint density at radius 1 is 1.18 bits per heavy atom. The molecular formula is C25H30FN5O2. The second kappa shape index (κ2) is 11.1. The SMILES string of the molecule is CC(Cc1cc(NC(N)=NCCN2CCOCC2)on1)c1ccc(-c2ccccc2)c(F)c1. The van der Waals surface area contributed by atoms with Gasteiger partial charge < -0.3 is 15.0 Å². The van der Waals surface area contributed by atoms with Gasteiger partial charge in [0.25, 0.3) is 0 Å². The monoisotopic (exact) mass is 451 g/mol. The van der Waals surface area contributed by atoms with Crippen molar-refractivity contribution in [3.63, 3.8) is 0 Å². The van der Waals surface area contributed by atoms with Gasteiger partial charge in [-0.05, 0) is 29.5 Å². The van der Waals surface area contributed by atoms with Crippen LogP contribution in [0.2, 0.25) is 0 Å². The van der Waals surface area contributed by atoms with E-state index in [4.69, 9.17) is 15.0 Å². The minimum absolute atomic E-state index is 0.0711. The van der Waals surface area contributed by atoms with Crippen LogP contribution in [0, 0.1) is 5.82 Å². The Bertz CT molecular complexity index is 1060. The minimum Gasteiger partial charge on any atom is -0.379 e. The van der Waals surface area contributed by atoms with Gasteiger partial charge >= 0.3 is 0 Å². The molecule has 2 aromatic carbocycles. The first kappa shape index (κ1) is 22.9. The van der Waals surface area contributed by atoms with Gasteiger partial charge in [0.2, 0.25) is 5.88 Å². The molecule has 33 heavy (non-hydrogen) atoms. The van der Waals surface area contributed by atoms with Crippen LogP contribution in [0.3, 0.4) is 0 Å². The van der Waals surface area contributed by atoms with E-state index in [0.717, 1.165) is 49.7 Å². The summed E-state index contributed by atoms with van der Waals surface area (Å²) in [5.74, 6) is 0.573. The predicted octanol–water partition coefficient (Wildman–Crippen LogP) is 3.89. The van der Waals surface area contributed by atoms with Crippen LogP contribution in [0.4, 0.5) is 10.3 Å². The van der Waals surface area contributed by atoms with E-state index >= 15 is 0 Å². The number of nitrogens with zero attached hydrogens (tertiary/aromatic N) is 3. The predicted molar refractivity (Wildman–Crippen MR) is 128 cm³/mol. The number of halogens is 1. The largest absolute Gasteiger partial charge is 0.379 e. The minimum atomic E-state index is -0.228. The first-order chi connectivity index (χ1) is 16.1. The van der Waals surface area contributed by atoms with Crippen molar-refractivity contribution < 1.29 is 13.7 Å². The Kier molecular flexibility index (Phi) is 7.70. The summed E-state index contributed by atoms with van der Waals surface area (Å²) < 4.78 is 25.4. The number of morpholine rings is 1. The smallest absolute Gasteiger partial charge is 0.231 e. The van der Waals surface area contributed by atoms with Crippen LogP contribution in [0.5, 0.6) is 0 Å². The molecule has 3 aromatic rings. The Morgan fingerprint density at radius 3 is 2.73 bits per heavy atom. The van der Waals surface area contributed by atoms with E-state index in [0.29, 0.717) is 24.4 Å². The van der Waals surface area contributed by atoms with Gasteiger partial charge in [0.15, 0.2) is 5.96 Å². The highest BCUT2D eigenvalue weighted by atomic mass is 19.1. The number of anilines is 1.